The Hall–Kier alpha value is -0.0800. The zero-order chi connectivity index (χ0) is 8.86. The lowest BCUT2D eigenvalue weighted by atomic mass is 10.3. The van der Waals surface area contributed by atoms with E-state index >= 15 is 0 Å². The van der Waals surface area contributed by atoms with E-state index in [0.717, 1.165) is 32.7 Å². The minimum absolute atomic E-state index is 0.130. The molecule has 0 saturated heterocycles. The fourth-order valence-electron chi connectivity index (χ4n) is 1.19. The number of hydrogen-bond acceptors (Lipinski definition) is 2. The van der Waals surface area contributed by atoms with Crippen LogP contribution >= 0.6 is 0 Å². The smallest absolute Gasteiger partial charge is 0.0917 e. The standard InChI is InChI=1S/C10H20O2/c1-3-7-11-9-10(5-6-10)12-8-4-2/h3-9H2,1-2H3. The number of hydrogen-bond donors (Lipinski definition) is 0. The van der Waals surface area contributed by atoms with Crippen LogP contribution in [-0.2, 0) is 9.47 Å². The zero-order valence-corrected chi connectivity index (χ0v) is 8.27. The first-order valence-corrected chi connectivity index (χ1v) is 5.05. The van der Waals surface area contributed by atoms with E-state index in [-0.39, 0.29) is 5.60 Å². The van der Waals surface area contributed by atoms with Crippen LogP contribution in [-0.4, -0.2) is 25.4 Å². The number of ether oxygens (including phenoxy) is 2. The molecule has 0 atom stereocenters. The average molecular weight is 172 g/mol. The fraction of sp³-hybridized carbons (Fsp3) is 1.00. The molecule has 1 aliphatic carbocycles. The predicted octanol–water partition coefficient (Wildman–Crippen LogP) is 2.37. The highest BCUT2D eigenvalue weighted by Gasteiger charge is 2.43. The Kier molecular flexibility index (Phi) is 4.02. The van der Waals surface area contributed by atoms with Crippen LogP contribution in [0.4, 0.5) is 0 Å². The second kappa shape index (κ2) is 4.83. The molecule has 0 spiro atoms. The van der Waals surface area contributed by atoms with E-state index in [9.17, 15) is 0 Å². The maximum absolute atomic E-state index is 5.71. The molecule has 72 valence electrons. The molecule has 0 aromatic rings. The summed E-state index contributed by atoms with van der Waals surface area (Å²) in [6, 6.07) is 0. The Balaban J connectivity index is 2.04. The summed E-state index contributed by atoms with van der Waals surface area (Å²) in [4.78, 5) is 0. The largest absolute Gasteiger partial charge is 0.378 e. The first-order valence-electron chi connectivity index (χ1n) is 5.05. The normalized spacial score (nSPS) is 19.5. The third-order valence-electron chi connectivity index (χ3n) is 2.13. The van der Waals surface area contributed by atoms with Gasteiger partial charge in [0.05, 0.1) is 12.2 Å². The number of rotatable bonds is 7. The molecule has 1 fully saturated rings. The van der Waals surface area contributed by atoms with Crippen molar-refractivity contribution in [2.75, 3.05) is 19.8 Å². The molecule has 0 heterocycles. The second-order valence-electron chi connectivity index (χ2n) is 3.58. The molecule has 0 aliphatic heterocycles. The molecule has 0 unspecified atom stereocenters. The Labute approximate surface area is 75.2 Å². The van der Waals surface area contributed by atoms with Crippen molar-refractivity contribution in [3.05, 3.63) is 0 Å². The summed E-state index contributed by atoms with van der Waals surface area (Å²) in [6.07, 6.45) is 4.59. The van der Waals surface area contributed by atoms with E-state index in [4.69, 9.17) is 9.47 Å². The second-order valence-corrected chi connectivity index (χ2v) is 3.58. The minimum Gasteiger partial charge on any atom is -0.378 e. The minimum atomic E-state index is 0.130. The van der Waals surface area contributed by atoms with Crippen molar-refractivity contribution in [2.24, 2.45) is 0 Å². The molecule has 0 bridgehead atoms. The molecule has 0 amide bonds. The molecule has 2 heteroatoms. The molecule has 0 aromatic carbocycles. The monoisotopic (exact) mass is 172 g/mol. The highest BCUT2D eigenvalue weighted by molar-refractivity contribution is 4.95. The molecule has 0 aromatic heterocycles. The van der Waals surface area contributed by atoms with Crippen LogP contribution in [0.1, 0.15) is 39.5 Å². The van der Waals surface area contributed by atoms with Crippen LogP contribution in [0.5, 0.6) is 0 Å². The molecular weight excluding hydrogens is 152 g/mol. The van der Waals surface area contributed by atoms with Crippen molar-refractivity contribution in [1.82, 2.24) is 0 Å². The maximum Gasteiger partial charge on any atom is 0.0917 e. The van der Waals surface area contributed by atoms with Crippen LogP contribution in [0.2, 0.25) is 0 Å². The van der Waals surface area contributed by atoms with Gasteiger partial charge in [0, 0.05) is 13.2 Å². The van der Waals surface area contributed by atoms with Gasteiger partial charge in [-0.25, -0.2) is 0 Å². The average Bonchev–Trinajstić information content (AvgIpc) is 2.83. The van der Waals surface area contributed by atoms with Crippen molar-refractivity contribution in [1.29, 1.82) is 0 Å². The lowest BCUT2D eigenvalue weighted by Gasteiger charge is -2.15. The molecule has 1 rings (SSSR count). The third kappa shape index (κ3) is 3.11. The van der Waals surface area contributed by atoms with Gasteiger partial charge in [0.15, 0.2) is 0 Å². The maximum atomic E-state index is 5.71. The van der Waals surface area contributed by atoms with Crippen molar-refractivity contribution < 1.29 is 9.47 Å². The van der Waals surface area contributed by atoms with E-state index in [1.54, 1.807) is 0 Å². The van der Waals surface area contributed by atoms with Gasteiger partial charge in [-0.05, 0) is 25.7 Å². The summed E-state index contributed by atoms with van der Waals surface area (Å²) in [5, 5.41) is 0. The van der Waals surface area contributed by atoms with E-state index in [2.05, 4.69) is 13.8 Å². The van der Waals surface area contributed by atoms with Gasteiger partial charge in [-0.2, -0.15) is 0 Å². The summed E-state index contributed by atoms with van der Waals surface area (Å²) in [6.45, 7) is 6.84. The quantitative estimate of drug-likeness (QED) is 0.549. The Morgan fingerprint density at radius 2 is 1.75 bits per heavy atom. The van der Waals surface area contributed by atoms with Crippen molar-refractivity contribution >= 4 is 0 Å². The fourth-order valence-corrected chi connectivity index (χ4v) is 1.19. The molecule has 0 N–H and O–H groups in total. The Morgan fingerprint density at radius 1 is 1.08 bits per heavy atom. The Morgan fingerprint density at radius 3 is 2.25 bits per heavy atom. The van der Waals surface area contributed by atoms with Crippen molar-refractivity contribution in [3.8, 4) is 0 Å². The SMILES string of the molecule is CCCOCC1(OCCC)CC1. The molecule has 12 heavy (non-hydrogen) atoms. The van der Waals surface area contributed by atoms with Gasteiger partial charge in [-0.1, -0.05) is 13.8 Å². The lowest BCUT2D eigenvalue weighted by Crippen LogP contribution is -2.22. The van der Waals surface area contributed by atoms with Gasteiger partial charge in [-0.15, -0.1) is 0 Å². The van der Waals surface area contributed by atoms with Crippen LogP contribution < -0.4 is 0 Å². The summed E-state index contributed by atoms with van der Waals surface area (Å²) in [5.74, 6) is 0. The highest BCUT2D eigenvalue weighted by atomic mass is 16.5. The van der Waals surface area contributed by atoms with E-state index in [0.29, 0.717) is 0 Å². The van der Waals surface area contributed by atoms with E-state index in [1.165, 1.54) is 12.8 Å². The lowest BCUT2D eigenvalue weighted by molar-refractivity contribution is -0.0338. The van der Waals surface area contributed by atoms with Gasteiger partial charge in [0.2, 0.25) is 0 Å². The molecule has 2 nitrogen and oxygen atoms in total. The van der Waals surface area contributed by atoms with Crippen LogP contribution in [0, 0.1) is 0 Å². The summed E-state index contributed by atoms with van der Waals surface area (Å²) >= 11 is 0. The van der Waals surface area contributed by atoms with Gasteiger partial charge in [-0.3, -0.25) is 0 Å². The highest BCUT2D eigenvalue weighted by Crippen LogP contribution is 2.39. The first-order chi connectivity index (χ1) is 5.83. The van der Waals surface area contributed by atoms with Gasteiger partial charge < -0.3 is 9.47 Å². The molecule has 1 aliphatic rings. The molecular formula is C10H20O2. The van der Waals surface area contributed by atoms with Crippen molar-refractivity contribution in [2.45, 2.75) is 45.1 Å². The molecule has 0 radical (unpaired) electrons. The van der Waals surface area contributed by atoms with Crippen LogP contribution in [0.25, 0.3) is 0 Å². The van der Waals surface area contributed by atoms with Crippen LogP contribution in [0.3, 0.4) is 0 Å². The molecule has 1 saturated carbocycles. The van der Waals surface area contributed by atoms with Crippen molar-refractivity contribution in [3.63, 3.8) is 0 Å². The third-order valence-corrected chi connectivity index (χ3v) is 2.13. The Bertz CT molecular complexity index is 119. The summed E-state index contributed by atoms with van der Waals surface area (Å²) < 4.78 is 11.2. The first kappa shape index (κ1) is 10.0. The topological polar surface area (TPSA) is 18.5 Å². The van der Waals surface area contributed by atoms with Gasteiger partial charge in [0.1, 0.15) is 0 Å². The van der Waals surface area contributed by atoms with E-state index < -0.39 is 0 Å². The van der Waals surface area contributed by atoms with Gasteiger partial charge in [0.25, 0.3) is 0 Å². The van der Waals surface area contributed by atoms with Gasteiger partial charge >= 0.3 is 0 Å². The van der Waals surface area contributed by atoms with Crippen LogP contribution in [0.15, 0.2) is 0 Å². The summed E-state index contributed by atoms with van der Waals surface area (Å²) in [7, 11) is 0. The summed E-state index contributed by atoms with van der Waals surface area (Å²) in [5.41, 5.74) is 0.130. The van der Waals surface area contributed by atoms with E-state index in [1.807, 2.05) is 0 Å². The zero-order valence-electron chi connectivity index (χ0n) is 8.27. The predicted molar refractivity (Wildman–Crippen MR) is 49.3 cm³/mol.